The standard InChI is InChI=1S/C22H16ClN3O3/c23-18-10-6-17(7-11-18)22(27)25-21(16-8-12-19(13-9-16)26(28)29)14-20(24-25)15-4-2-1-3-5-15/h1-13,21H,14H2. The van der Waals surface area contributed by atoms with E-state index in [-0.39, 0.29) is 17.6 Å². The van der Waals surface area contributed by atoms with Gasteiger partial charge in [-0.15, -0.1) is 0 Å². The van der Waals surface area contributed by atoms with Gasteiger partial charge in [-0.05, 0) is 35.4 Å². The SMILES string of the molecule is O=C(c1ccc(Cl)cc1)N1N=C(c2ccccc2)CC1c1ccc([N+](=O)[O-])cc1. The van der Waals surface area contributed by atoms with Crippen molar-refractivity contribution in [1.29, 1.82) is 0 Å². The number of halogens is 1. The summed E-state index contributed by atoms with van der Waals surface area (Å²) in [5, 5.41) is 17.6. The van der Waals surface area contributed by atoms with Crippen molar-refractivity contribution < 1.29 is 9.72 Å². The largest absolute Gasteiger partial charge is 0.274 e. The highest BCUT2D eigenvalue weighted by molar-refractivity contribution is 6.30. The summed E-state index contributed by atoms with van der Waals surface area (Å²) in [6.45, 7) is 0. The van der Waals surface area contributed by atoms with Crippen molar-refractivity contribution in [1.82, 2.24) is 5.01 Å². The number of hydrogen-bond acceptors (Lipinski definition) is 4. The first-order chi connectivity index (χ1) is 14.0. The number of benzene rings is 3. The van der Waals surface area contributed by atoms with Gasteiger partial charge in [0, 0.05) is 29.1 Å². The highest BCUT2D eigenvalue weighted by Crippen LogP contribution is 2.34. The van der Waals surface area contributed by atoms with Crippen LogP contribution in [0.4, 0.5) is 5.69 Å². The molecule has 0 bridgehead atoms. The summed E-state index contributed by atoms with van der Waals surface area (Å²) < 4.78 is 0. The Morgan fingerprint density at radius 1 is 1.00 bits per heavy atom. The lowest BCUT2D eigenvalue weighted by molar-refractivity contribution is -0.384. The fourth-order valence-corrected chi connectivity index (χ4v) is 3.43. The molecule has 0 N–H and O–H groups in total. The lowest BCUT2D eigenvalue weighted by Gasteiger charge is -2.22. The molecule has 4 rings (SSSR count). The highest BCUT2D eigenvalue weighted by Gasteiger charge is 2.33. The maximum absolute atomic E-state index is 13.2. The second kappa shape index (κ2) is 7.85. The molecule has 0 saturated carbocycles. The van der Waals surface area contributed by atoms with Crippen LogP contribution < -0.4 is 0 Å². The third kappa shape index (κ3) is 3.88. The van der Waals surface area contributed by atoms with Gasteiger partial charge in [-0.25, -0.2) is 5.01 Å². The summed E-state index contributed by atoms with van der Waals surface area (Å²) in [6, 6.07) is 22.2. The van der Waals surface area contributed by atoms with E-state index >= 15 is 0 Å². The molecule has 144 valence electrons. The maximum Gasteiger partial charge on any atom is 0.274 e. The topological polar surface area (TPSA) is 75.8 Å². The molecule has 0 spiro atoms. The van der Waals surface area contributed by atoms with E-state index in [1.807, 2.05) is 30.3 Å². The normalized spacial score (nSPS) is 15.8. The Labute approximate surface area is 172 Å². The zero-order valence-corrected chi connectivity index (χ0v) is 16.0. The molecule has 29 heavy (non-hydrogen) atoms. The van der Waals surface area contributed by atoms with Gasteiger partial charge in [0.15, 0.2) is 0 Å². The fraction of sp³-hybridized carbons (Fsp3) is 0.0909. The Morgan fingerprint density at radius 3 is 2.28 bits per heavy atom. The zero-order chi connectivity index (χ0) is 20.4. The molecule has 0 aliphatic carbocycles. The van der Waals surface area contributed by atoms with Gasteiger partial charge < -0.3 is 0 Å². The number of nitrogens with zero attached hydrogens (tertiary/aromatic N) is 3. The van der Waals surface area contributed by atoms with Crippen LogP contribution in [0.15, 0.2) is 84.0 Å². The molecular weight excluding hydrogens is 390 g/mol. The molecule has 1 atom stereocenters. The van der Waals surface area contributed by atoms with Crippen LogP contribution in [0, 0.1) is 10.1 Å². The van der Waals surface area contributed by atoms with E-state index in [9.17, 15) is 14.9 Å². The summed E-state index contributed by atoms with van der Waals surface area (Å²) in [4.78, 5) is 23.7. The molecule has 1 heterocycles. The molecule has 0 radical (unpaired) electrons. The molecule has 0 fully saturated rings. The van der Waals surface area contributed by atoms with E-state index in [0.29, 0.717) is 17.0 Å². The molecule has 1 aliphatic rings. The first kappa shape index (κ1) is 18.8. The first-order valence-electron chi connectivity index (χ1n) is 8.99. The van der Waals surface area contributed by atoms with Crippen LogP contribution in [-0.4, -0.2) is 21.6 Å². The lowest BCUT2D eigenvalue weighted by Crippen LogP contribution is -2.27. The van der Waals surface area contributed by atoms with Gasteiger partial charge in [0.25, 0.3) is 11.6 Å². The third-order valence-corrected chi connectivity index (χ3v) is 5.06. The van der Waals surface area contributed by atoms with Crippen LogP contribution in [0.3, 0.4) is 0 Å². The zero-order valence-electron chi connectivity index (χ0n) is 15.2. The summed E-state index contributed by atoms with van der Waals surface area (Å²) in [5.74, 6) is -0.254. The second-order valence-corrected chi connectivity index (χ2v) is 7.07. The van der Waals surface area contributed by atoms with Crippen LogP contribution in [0.2, 0.25) is 5.02 Å². The number of hydrogen-bond donors (Lipinski definition) is 0. The number of nitro benzene ring substituents is 1. The fourth-order valence-electron chi connectivity index (χ4n) is 3.31. The Bertz CT molecular complexity index is 1080. The van der Waals surface area contributed by atoms with Gasteiger partial charge in [0.05, 0.1) is 16.7 Å². The molecule has 3 aromatic carbocycles. The maximum atomic E-state index is 13.2. The van der Waals surface area contributed by atoms with Crippen molar-refractivity contribution >= 4 is 28.9 Å². The van der Waals surface area contributed by atoms with Crippen molar-refractivity contribution in [2.45, 2.75) is 12.5 Å². The van der Waals surface area contributed by atoms with Gasteiger partial charge in [-0.2, -0.15) is 5.10 Å². The minimum Gasteiger partial charge on any atom is -0.267 e. The van der Waals surface area contributed by atoms with E-state index in [4.69, 9.17) is 11.6 Å². The van der Waals surface area contributed by atoms with E-state index in [0.717, 1.165) is 16.8 Å². The molecule has 6 nitrogen and oxygen atoms in total. The molecule has 1 amide bonds. The predicted molar refractivity (Wildman–Crippen MR) is 111 cm³/mol. The highest BCUT2D eigenvalue weighted by atomic mass is 35.5. The Hall–Kier alpha value is -3.51. The number of hydrazone groups is 1. The summed E-state index contributed by atoms with van der Waals surface area (Å²) >= 11 is 5.94. The van der Waals surface area contributed by atoms with Crippen molar-refractivity contribution in [2.75, 3.05) is 0 Å². The van der Waals surface area contributed by atoms with Crippen LogP contribution in [0.25, 0.3) is 0 Å². The second-order valence-electron chi connectivity index (χ2n) is 6.64. The number of rotatable bonds is 4. The Balaban J connectivity index is 1.71. The van der Waals surface area contributed by atoms with Crippen LogP contribution in [0.1, 0.15) is 33.9 Å². The number of amides is 1. The van der Waals surface area contributed by atoms with E-state index in [1.54, 1.807) is 36.4 Å². The summed E-state index contributed by atoms with van der Waals surface area (Å²) in [6.07, 6.45) is 0.515. The van der Waals surface area contributed by atoms with Crippen molar-refractivity contribution in [3.05, 3.63) is 111 Å². The molecule has 0 saturated heterocycles. The molecule has 3 aromatic rings. The van der Waals surface area contributed by atoms with Gasteiger partial charge in [0.1, 0.15) is 0 Å². The van der Waals surface area contributed by atoms with Crippen molar-refractivity contribution in [3.63, 3.8) is 0 Å². The average Bonchev–Trinajstić information content (AvgIpc) is 3.20. The molecular formula is C22H16ClN3O3. The van der Waals surface area contributed by atoms with E-state index in [2.05, 4.69) is 5.10 Å². The summed E-state index contributed by atoms with van der Waals surface area (Å²) in [5.41, 5.74) is 2.99. The number of carbonyl (C=O) groups is 1. The van der Waals surface area contributed by atoms with Gasteiger partial charge in [-0.1, -0.05) is 54.1 Å². The Kier molecular flexibility index (Phi) is 5.10. The predicted octanol–water partition coefficient (Wildman–Crippen LogP) is 5.24. The molecule has 1 aliphatic heterocycles. The molecule has 0 aromatic heterocycles. The number of carbonyl (C=O) groups excluding carboxylic acids is 1. The lowest BCUT2D eigenvalue weighted by atomic mass is 9.98. The summed E-state index contributed by atoms with van der Waals surface area (Å²) in [7, 11) is 0. The average molecular weight is 406 g/mol. The molecule has 7 heteroatoms. The quantitative estimate of drug-likeness (QED) is 0.440. The van der Waals surface area contributed by atoms with Crippen molar-refractivity contribution in [3.8, 4) is 0 Å². The third-order valence-electron chi connectivity index (χ3n) is 4.81. The first-order valence-corrected chi connectivity index (χ1v) is 9.37. The van der Waals surface area contributed by atoms with Gasteiger partial charge in [-0.3, -0.25) is 14.9 Å². The minimum atomic E-state index is -0.443. The van der Waals surface area contributed by atoms with Gasteiger partial charge >= 0.3 is 0 Å². The monoisotopic (exact) mass is 405 g/mol. The number of nitro groups is 1. The van der Waals surface area contributed by atoms with E-state index < -0.39 is 4.92 Å². The van der Waals surface area contributed by atoms with Crippen LogP contribution in [-0.2, 0) is 0 Å². The van der Waals surface area contributed by atoms with Crippen LogP contribution >= 0.6 is 11.6 Å². The van der Waals surface area contributed by atoms with Crippen molar-refractivity contribution in [2.24, 2.45) is 5.10 Å². The van der Waals surface area contributed by atoms with E-state index in [1.165, 1.54) is 17.1 Å². The smallest absolute Gasteiger partial charge is 0.267 e. The minimum absolute atomic E-state index is 0.00604. The molecule has 1 unspecified atom stereocenters. The number of non-ortho nitro benzene ring substituents is 1. The Morgan fingerprint density at radius 2 is 1.66 bits per heavy atom. The van der Waals surface area contributed by atoms with Gasteiger partial charge in [0.2, 0.25) is 0 Å². The van der Waals surface area contributed by atoms with Crippen LogP contribution in [0.5, 0.6) is 0 Å².